The van der Waals surface area contributed by atoms with Crippen molar-refractivity contribution in [1.82, 2.24) is 4.98 Å². The number of pyridine rings is 1. The lowest BCUT2D eigenvalue weighted by atomic mass is 9.98. The van der Waals surface area contributed by atoms with Crippen LogP contribution in [0.2, 0.25) is 0 Å². The number of aliphatic hydroxyl groups excluding tert-OH is 1. The fraction of sp³-hybridized carbons (Fsp3) is 0.222. The average Bonchev–Trinajstić information content (AvgIpc) is 3.13. The molecule has 168 valence electrons. The summed E-state index contributed by atoms with van der Waals surface area (Å²) >= 11 is 0. The Labute approximate surface area is 193 Å². The number of benzene rings is 2. The maximum atomic E-state index is 13.2. The van der Waals surface area contributed by atoms with Gasteiger partial charge in [-0.3, -0.25) is 19.5 Å². The highest BCUT2D eigenvalue weighted by Crippen LogP contribution is 2.41. The smallest absolute Gasteiger partial charge is 0.300 e. The molecule has 1 atom stereocenters. The van der Waals surface area contributed by atoms with Gasteiger partial charge in [0.1, 0.15) is 17.6 Å². The molecule has 1 saturated heterocycles. The average molecular weight is 443 g/mol. The van der Waals surface area contributed by atoms with E-state index >= 15 is 0 Å². The number of methoxy groups -OCH3 is 1. The number of carbonyl (C=O) groups is 2. The highest BCUT2D eigenvalue weighted by molar-refractivity contribution is 6.51. The molecule has 2 heterocycles. The van der Waals surface area contributed by atoms with Crippen molar-refractivity contribution in [2.45, 2.75) is 32.2 Å². The van der Waals surface area contributed by atoms with Gasteiger partial charge in [-0.05, 0) is 54.8 Å². The molecule has 1 fully saturated rings. The topological polar surface area (TPSA) is 79.7 Å². The maximum absolute atomic E-state index is 13.2. The van der Waals surface area contributed by atoms with Gasteiger partial charge in [-0.25, -0.2) is 0 Å². The van der Waals surface area contributed by atoms with Crippen LogP contribution in [0.1, 0.15) is 42.6 Å². The van der Waals surface area contributed by atoms with Gasteiger partial charge in [0.25, 0.3) is 11.7 Å². The Hall–Kier alpha value is -3.93. The summed E-state index contributed by atoms with van der Waals surface area (Å²) in [7, 11) is 1.52. The molecular weight excluding hydrogens is 416 g/mol. The van der Waals surface area contributed by atoms with Gasteiger partial charge in [-0.2, -0.15) is 0 Å². The van der Waals surface area contributed by atoms with E-state index in [1.807, 2.05) is 24.3 Å². The molecule has 0 saturated carbocycles. The number of aliphatic hydroxyl groups is 1. The first kappa shape index (κ1) is 22.3. The van der Waals surface area contributed by atoms with E-state index in [2.05, 4.69) is 11.9 Å². The number of anilines is 1. The van der Waals surface area contributed by atoms with Crippen LogP contribution in [0.15, 0.2) is 78.5 Å². The predicted molar refractivity (Wildman–Crippen MR) is 127 cm³/mol. The van der Waals surface area contributed by atoms with E-state index < -0.39 is 17.7 Å². The van der Waals surface area contributed by atoms with Gasteiger partial charge in [0, 0.05) is 17.4 Å². The van der Waals surface area contributed by atoms with Gasteiger partial charge in [0.15, 0.2) is 0 Å². The Morgan fingerprint density at radius 2 is 1.85 bits per heavy atom. The number of aryl methyl sites for hydroxylation is 1. The molecule has 1 aliphatic heterocycles. The molecule has 6 heteroatoms. The van der Waals surface area contributed by atoms with Crippen LogP contribution in [0.5, 0.6) is 5.75 Å². The number of nitrogens with zero attached hydrogens (tertiary/aromatic N) is 2. The number of rotatable bonds is 7. The summed E-state index contributed by atoms with van der Waals surface area (Å²) in [5, 5.41) is 11.2. The van der Waals surface area contributed by atoms with Gasteiger partial charge in [0.05, 0.1) is 18.4 Å². The molecule has 33 heavy (non-hydrogen) atoms. The van der Waals surface area contributed by atoms with E-state index in [4.69, 9.17) is 4.74 Å². The van der Waals surface area contributed by atoms with Gasteiger partial charge in [-0.15, -0.1) is 0 Å². The van der Waals surface area contributed by atoms with Crippen LogP contribution in [0.4, 0.5) is 5.69 Å². The van der Waals surface area contributed by atoms with E-state index in [0.29, 0.717) is 22.7 Å². The highest BCUT2D eigenvalue weighted by atomic mass is 16.5. The second kappa shape index (κ2) is 9.69. The van der Waals surface area contributed by atoms with Gasteiger partial charge < -0.3 is 9.84 Å². The quantitative estimate of drug-likeness (QED) is 0.314. The number of carbonyl (C=O) groups excluding carboxylic acids is 2. The van der Waals surface area contributed by atoms with Crippen molar-refractivity contribution in [1.29, 1.82) is 0 Å². The van der Waals surface area contributed by atoms with Gasteiger partial charge in [0.2, 0.25) is 0 Å². The SMILES string of the molecule is CCCCc1ccc(N2C(=O)C(=O)/C(=C(\O)c3cccc(OC)c3)C2c2ccccn2)cc1. The Morgan fingerprint density at radius 1 is 1.06 bits per heavy atom. The summed E-state index contributed by atoms with van der Waals surface area (Å²) in [6, 6.07) is 18.8. The molecule has 0 radical (unpaired) electrons. The molecule has 1 aromatic heterocycles. The van der Waals surface area contributed by atoms with Crippen molar-refractivity contribution in [2.75, 3.05) is 12.0 Å². The number of aromatic nitrogens is 1. The second-order valence-corrected chi connectivity index (χ2v) is 7.93. The van der Waals surface area contributed by atoms with Crippen molar-refractivity contribution in [3.63, 3.8) is 0 Å². The molecule has 6 nitrogen and oxygen atoms in total. The zero-order chi connectivity index (χ0) is 23.4. The third kappa shape index (κ3) is 4.37. The van der Waals surface area contributed by atoms with Crippen molar-refractivity contribution in [3.05, 3.63) is 95.3 Å². The molecule has 0 bridgehead atoms. The largest absolute Gasteiger partial charge is 0.507 e. The highest BCUT2D eigenvalue weighted by Gasteiger charge is 2.47. The molecule has 1 amide bonds. The molecule has 1 N–H and O–H groups in total. The second-order valence-electron chi connectivity index (χ2n) is 7.93. The summed E-state index contributed by atoms with van der Waals surface area (Å²) in [6.07, 6.45) is 4.74. The first-order chi connectivity index (χ1) is 16.0. The number of ether oxygens (including phenoxy) is 1. The van der Waals surface area contributed by atoms with Crippen LogP contribution >= 0.6 is 0 Å². The fourth-order valence-corrected chi connectivity index (χ4v) is 4.05. The summed E-state index contributed by atoms with van der Waals surface area (Å²) in [6.45, 7) is 2.14. The fourth-order valence-electron chi connectivity index (χ4n) is 4.05. The first-order valence-corrected chi connectivity index (χ1v) is 11.0. The number of unbranched alkanes of at least 4 members (excludes halogenated alkanes) is 1. The van der Waals surface area contributed by atoms with Crippen LogP contribution in [-0.2, 0) is 16.0 Å². The maximum Gasteiger partial charge on any atom is 0.300 e. The Morgan fingerprint density at radius 3 is 2.52 bits per heavy atom. The van der Waals surface area contributed by atoms with Crippen LogP contribution in [0.3, 0.4) is 0 Å². The standard InChI is InChI=1S/C27H26N2O4/c1-3-4-8-18-12-14-20(15-13-18)29-24(22-11-5-6-16-28-22)23(26(31)27(29)32)25(30)19-9-7-10-21(17-19)33-2/h5-7,9-17,24,30H,3-4,8H2,1-2H3/b25-23-. The summed E-state index contributed by atoms with van der Waals surface area (Å²) in [5.41, 5.74) is 2.64. The van der Waals surface area contributed by atoms with Crippen LogP contribution in [0, 0.1) is 0 Å². The molecule has 4 rings (SSSR count). The molecule has 0 spiro atoms. The minimum absolute atomic E-state index is 0.00186. The number of amides is 1. The van der Waals surface area contributed by atoms with Crippen LogP contribution in [-0.4, -0.2) is 28.9 Å². The zero-order valence-electron chi connectivity index (χ0n) is 18.7. The number of hydrogen-bond donors (Lipinski definition) is 1. The summed E-state index contributed by atoms with van der Waals surface area (Å²) in [5.74, 6) is -1.17. The van der Waals surface area contributed by atoms with Crippen LogP contribution < -0.4 is 9.64 Å². The monoisotopic (exact) mass is 442 g/mol. The van der Waals surface area contributed by atoms with Crippen LogP contribution in [0.25, 0.3) is 5.76 Å². The van der Waals surface area contributed by atoms with E-state index in [1.54, 1.807) is 48.7 Å². The first-order valence-electron chi connectivity index (χ1n) is 11.0. The number of Topliss-reactive ketones (excluding diaryl/α,β-unsaturated/α-hetero) is 1. The molecule has 3 aromatic rings. The zero-order valence-corrected chi connectivity index (χ0v) is 18.7. The third-order valence-corrected chi connectivity index (χ3v) is 5.79. The van der Waals surface area contributed by atoms with Gasteiger partial charge >= 0.3 is 0 Å². The van der Waals surface area contributed by atoms with Crippen molar-refractivity contribution in [3.8, 4) is 5.75 Å². The lowest BCUT2D eigenvalue weighted by molar-refractivity contribution is -0.132. The van der Waals surface area contributed by atoms with Crippen molar-refractivity contribution >= 4 is 23.1 Å². The number of hydrogen-bond acceptors (Lipinski definition) is 5. The predicted octanol–water partition coefficient (Wildman–Crippen LogP) is 5.06. The minimum Gasteiger partial charge on any atom is -0.507 e. The lowest BCUT2D eigenvalue weighted by Gasteiger charge is -2.24. The molecule has 0 aliphatic carbocycles. The van der Waals surface area contributed by atoms with Crippen molar-refractivity contribution in [2.24, 2.45) is 0 Å². The molecule has 1 aliphatic rings. The van der Waals surface area contributed by atoms with E-state index in [1.165, 1.54) is 17.6 Å². The summed E-state index contributed by atoms with van der Waals surface area (Å²) < 4.78 is 5.25. The number of ketones is 1. The summed E-state index contributed by atoms with van der Waals surface area (Å²) in [4.78, 5) is 32.2. The Bertz CT molecular complexity index is 1190. The van der Waals surface area contributed by atoms with E-state index in [-0.39, 0.29) is 11.3 Å². The van der Waals surface area contributed by atoms with E-state index in [0.717, 1.165) is 19.3 Å². The third-order valence-electron chi connectivity index (χ3n) is 5.79. The molecule has 1 unspecified atom stereocenters. The van der Waals surface area contributed by atoms with Gasteiger partial charge in [-0.1, -0.05) is 43.7 Å². The Kier molecular flexibility index (Phi) is 6.54. The molecule has 2 aromatic carbocycles. The van der Waals surface area contributed by atoms with Crippen molar-refractivity contribution < 1.29 is 19.4 Å². The normalized spacial score (nSPS) is 17.4. The lowest BCUT2D eigenvalue weighted by Crippen LogP contribution is -2.29. The minimum atomic E-state index is -0.848. The molecular formula is C27H26N2O4. The van der Waals surface area contributed by atoms with E-state index in [9.17, 15) is 14.7 Å². The Balaban J connectivity index is 1.84.